The van der Waals surface area contributed by atoms with E-state index in [1.807, 2.05) is 0 Å². The molecule has 1 unspecified atom stereocenters. The SMILES string of the molecule is CC(C)NC1CCOc2c1ccc1ccccc21. The molecule has 1 aliphatic rings. The van der Waals surface area contributed by atoms with E-state index in [0.717, 1.165) is 18.8 Å². The minimum atomic E-state index is 0.415. The molecule has 94 valence electrons. The van der Waals surface area contributed by atoms with Crippen LogP contribution in [0.3, 0.4) is 0 Å². The Hall–Kier alpha value is -1.54. The molecule has 1 N–H and O–H groups in total. The second kappa shape index (κ2) is 4.62. The average molecular weight is 241 g/mol. The van der Waals surface area contributed by atoms with Gasteiger partial charge in [0.15, 0.2) is 0 Å². The minimum absolute atomic E-state index is 0.415. The van der Waals surface area contributed by atoms with Crippen LogP contribution in [0.25, 0.3) is 10.8 Å². The lowest BCUT2D eigenvalue weighted by Crippen LogP contribution is -2.32. The molecule has 1 aliphatic heterocycles. The molecule has 3 rings (SSSR count). The Balaban J connectivity index is 2.10. The number of rotatable bonds is 2. The number of benzene rings is 2. The maximum absolute atomic E-state index is 5.91. The summed E-state index contributed by atoms with van der Waals surface area (Å²) in [6, 6.07) is 13.7. The third-order valence-electron chi connectivity index (χ3n) is 3.47. The van der Waals surface area contributed by atoms with Crippen molar-refractivity contribution in [1.29, 1.82) is 0 Å². The molecular formula is C16H19NO. The summed E-state index contributed by atoms with van der Waals surface area (Å²) in [7, 11) is 0. The first-order valence-electron chi connectivity index (χ1n) is 6.66. The predicted molar refractivity (Wildman–Crippen MR) is 75.1 cm³/mol. The first-order chi connectivity index (χ1) is 8.75. The molecule has 1 heterocycles. The highest BCUT2D eigenvalue weighted by Gasteiger charge is 2.23. The molecule has 1 atom stereocenters. The van der Waals surface area contributed by atoms with Crippen molar-refractivity contribution in [3.8, 4) is 5.75 Å². The largest absolute Gasteiger partial charge is 0.493 e. The zero-order chi connectivity index (χ0) is 12.5. The molecule has 2 aromatic carbocycles. The van der Waals surface area contributed by atoms with Crippen LogP contribution in [0.4, 0.5) is 0 Å². The molecule has 18 heavy (non-hydrogen) atoms. The zero-order valence-electron chi connectivity index (χ0n) is 10.9. The monoisotopic (exact) mass is 241 g/mol. The summed E-state index contributed by atoms with van der Waals surface area (Å²) in [5, 5.41) is 6.10. The van der Waals surface area contributed by atoms with Gasteiger partial charge in [0.25, 0.3) is 0 Å². The van der Waals surface area contributed by atoms with Gasteiger partial charge in [-0.05, 0) is 5.39 Å². The molecule has 0 aliphatic carbocycles. The fraction of sp³-hybridized carbons (Fsp3) is 0.375. The van der Waals surface area contributed by atoms with Crippen LogP contribution in [0.2, 0.25) is 0 Å². The standard InChI is InChI=1S/C16H19NO/c1-11(2)17-15-9-10-18-16-13-6-4-3-5-12(13)7-8-14(15)16/h3-8,11,15,17H,9-10H2,1-2H3. The van der Waals surface area contributed by atoms with Gasteiger partial charge in [-0.25, -0.2) is 0 Å². The van der Waals surface area contributed by atoms with Gasteiger partial charge in [0.1, 0.15) is 5.75 Å². The number of hydrogen-bond acceptors (Lipinski definition) is 2. The van der Waals surface area contributed by atoms with Crippen LogP contribution in [-0.4, -0.2) is 12.6 Å². The van der Waals surface area contributed by atoms with Gasteiger partial charge in [-0.3, -0.25) is 0 Å². The number of ether oxygens (including phenoxy) is 1. The van der Waals surface area contributed by atoms with E-state index in [2.05, 4.69) is 55.6 Å². The van der Waals surface area contributed by atoms with Crippen LogP contribution in [0.5, 0.6) is 5.75 Å². The molecule has 2 nitrogen and oxygen atoms in total. The Morgan fingerprint density at radius 2 is 2.00 bits per heavy atom. The quantitative estimate of drug-likeness (QED) is 0.866. The van der Waals surface area contributed by atoms with Crippen molar-refractivity contribution >= 4 is 10.8 Å². The lowest BCUT2D eigenvalue weighted by atomic mass is 9.96. The normalized spacial score (nSPS) is 18.7. The van der Waals surface area contributed by atoms with Gasteiger partial charge in [0.2, 0.25) is 0 Å². The van der Waals surface area contributed by atoms with Gasteiger partial charge in [0, 0.05) is 29.5 Å². The van der Waals surface area contributed by atoms with E-state index < -0.39 is 0 Å². The molecule has 2 aromatic rings. The summed E-state index contributed by atoms with van der Waals surface area (Å²) < 4.78 is 5.91. The van der Waals surface area contributed by atoms with Gasteiger partial charge in [-0.15, -0.1) is 0 Å². The number of nitrogens with one attached hydrogen (secondary N) is 1. The van der Waals surface area contributed by atoms with E-state index in [1.165, 1.54) is 16.3 Å². The first-order valence-corrected chi connectivity index (χ1v) is 6.66. The highest BCUT2D eigenvalue weighted by atomic mass is 16.5. The highest BCUT2D eigenvalue weighted by molar-refractivity contribution is 5.89. The van der Waals surface area contributed by atoms with E-state index in [-0.39, 0.29) is 0 Å². The lowest BCUT2D eigenvalue weighted by Gasteiger charge is -2.29. The van der Waals surface area contributed by atoms with E-state index in [0.29, 0.717) is 12.1 Å². The predicted octanol–water partition coefficient (Wildman–Crippen LogP) is 3.66. The van der Waals surface area contributed by atoms with Crippen molar-refractivity contribution in [1.82, 2.24) is 5.32 Å². The van der Waals surface area contributed by atoms with E-state index in [1.54, 1.807) is 0 Å². The van der Waals surface area contributed by atoms with Crippen molar-refractivity contribution in [3.63, 3.8) is 0 Å². The maximum atomic E-state index is 5.91. The lowest BCUT2D eigenvalue weighted by molar-refractivity contribution is 0.250. The van der Waals surface area contributed by atoms with Gasteiger partial charge < -0.3 is 10.1 Å². The molecule has 2 heteroatoms. The number of fused-ring (bicyclic) bond motifs is 3. The van der Waals surface area contributed by atoms with Crippen LogP contribution in [0.1, 0.15) is 31.9 Å². The molecule has 0 fully saturated rings. The van der Waals surface area contributed by atoms with E-state index in [9.17, 15) is 0 Å². The Morgan fingerprint density at radius 1 is 1.17 bits per heavy atom. The van der Waals surface area contributed by atoms with Crippen LogP contribution in [-0.2, 0) is 0 Å². The summed E-state index contributed by atoms with van der Waals surface area (Å²) in [5.74, 6) is 1.07. The minimum Gasteiger partial charge on any atom is -0.493 e. The highest BCUT2D eigenvalue weighted by Crippen LogP contribution is 2.38. The Kier molecular flexibility index (Phi) is 2.96. The van der Waals surface area contributed by atoms with Crippen molar-refractivity contribution in [2.75, 3.05) is 6.61 Å². The van der Waals surface area contributed by atoms with Crippen LogP contribution < -0.4 is 10.1 Å². The zero-order valence-corrected chi connectivity index (χ0v) is 10.9. The Labute approximate surface area is 108 Å². The smallest absolute Gasteiger partial charge is 0.131 e. The van der Waals surface area contributed by atoms with Crippen LogP contribution in [0, 0.1) is 0 Å². The molecule has 0 amide bonds. The van der Waals surface area contributed by atoms with Crippen molar-refractivity contribution in [2.45, 2.75) is 32.4 Å². The summed E-state index contributed by atoms with van der Waals surface area (Å²) in [4.78, 5) is 0. The van der Waals surface area contributed by atoms with Crippen molar-refractivity contribution < 1.29 is 4.74 Å². The summed E-state index contributed by atoms with van der Waals surface area (Å²) >= 11 is 0. The van der Waals surface area contributed by atoms with Gasteiger partial charge in [-0.1, -0.05) is 50.2 Å². The third kappa shape index (κ3) is 1.97. The molecule has 0 saturated heterocycles. The maximum Gasteiger partial charge on any atom is 0.131 e. The number of hydrogen-bond donors (Lipinski definition) is 1. The topological polar surface area (TPSA) is 21.3 Å². The Bertz CT molecular complexity index is 562. The summed E-state index contributed by atoms with van der Waals surface area (Å²) in [6.45, 7) is 5.18. The summed E-state index contributed by atoms with van der Waals surface area (Å²) in [5.41, 5.74) is 1.30. The molecule has 0 saturated carbocycles. The van der Waals surface area contributed by atoms with Crippen molar-refractivity contribution in [2.24, 2.45) is 0 Å². The van der Waals surface area contributed by atoms with Crippen molar-refractivity contribution in [3.05, 3.63) is 42.0 Å². The van der Waals surface area contributed by atoms with E-state index >= 15 is 0 Å². The average Bonchev–Trinajstić information content (AvgIpc) is 2.38. The van der Waals surface area contributed by atoms with E-state index in [4.69, 9.17) is 4.74 Å². The van der Waals surface area contributed by atoms with Gasteiger partial charge in [0.05, 0.1) is 6.61 Å². The fourth-order valence-corrected chi connectivity index (χ4v) is 2.71. The molecule has 0 spiro atoms. The third-order valence-corrected chi connectivity index (χ3v) is 3.47. The van der Waals surface area contributed by atoms with Crippen LogP contribution >= 0.6 is 0 Å². The second-order valence-corrected chi connectivity index (χ2v) is 5.22. The summed E-state index contributed by atoms with van der Waals surface area (Å²) in [6.07, 6.45) is 1.05. The van der Waals surface area contributed by atoms with Gasteiger partial charge in [-0.2, -0.15) is 0 Å². The molecule has 0 radical (unpaired) electrons. The van der Waals surface area contributed by atoms with Gasteiger partial charge >= 0.3 is 0 Å². The fourth-order valence-electron chi connectivity index (χ4n) is 2.71. The molecule has 0 aromatic heterocycles. The van der Waals surface area contributed by atoms with Crippen LogP contribution in [0.15, 0.2) is 36.4 Å². The first kappa shape index (κ1) is 11.5. The molecule has 0 bridgehead atoms. The second-order valence-electron chi connectivity index (χ2n) is 5.22. The molecular weight excluding hydrogens is 222 g/mol. The Morgan fingerprint density at radius 3 is 2.83 bits per heavy atom.